The van der Waals surface area contributed by atoms with Crippen LogP contribution in [0.3, 0.4) is 0 Å². The Balaban J connectivity index is 1.29. The highest BCUT2D eigenvalue weighted by Crippen LogP contribution is 2.49. The van der Waals surface area contributed by atoms with Crippen LogP contribution in [0.15, 0.2) is 75.6 Å². The number of carbonyl (C=O) groups excluding carboxylic acids is 1. The zero-order valence-corrected chi connectivity index (χ0v) is 19.4. The van der Waals surface area contributed by atoms with Gasteiger partial charge in [0.05, 0.1) is 16.0 Å². The first kappa shape index (κ1) is 21.6. The lowest BCUT2D eigenvalue weighted by Crippen LogP contribution is -2.28. The van der Waals surface area contributed by atoms with Crippen LogP contribution in [0.1, 0.15) is 18.5 Å². The van der Waals surface area contributed by atoms with Crippen molar-refractivity contribution < 1.29 is 17.7 Å². The zero-order chi connectivity index (χ0) is 23.1. The lowest BCUT2D eigenvalue weighted by atomic mass is 10.00. The van der Waals surface area contributed by atoms with Crippen molar-refractivity contribution in [3.8, 4) is 11.3 Å². The second kappa shape index (κ2) is 8.29. The lowest BCUT2D eigenvalue weighted by Gasteiger charge is -2.13. The SMILES string of the molecule is O=C(Nc1ccc(S(=O)(=O)Nc2nccs2)cc1)C1(c2cc(-c3ccc(Cl)cc3)on2)CC1. The Bertz CT molecular complexity index is 1400. The van der Waals surface area contributed by atoms with Gasteiger partial charge in [-0.1, -0.05) is 16.8 Å². The molecule has 1 aliphatic rings. The Morgan fingerprint density at radius 2 is 1.82 bits per heavy atom. The number of hydrogen-bond acceptors (Lipinski definition) is 7. The van der Waals surface area contributed by atoms with E-state index in [-0.39, 0.29) is 15.9 Å². The van der Waals surface area contributed by atoms with Crippen LogP contribution in [-0.2, 0) is 20.2 Å². The second-order valence-electron chi connectivity index (χ2n) is 7.59. The molecule has 11 heteroatoms. The second-order valence-corrected chi connectivity index (χ2v) is 10.6. The van der Waals surface area contributed by atoms with Gasteiger partial charge in [-0.15, -0.1) is 11.3 Å². The molecule has 2 aromatic carbocycles. The summed E-state index contributed by atoms with van der Waals surface area (Å²) in [5.74, 6) is 0.345. The number of sulfonamides is 1. The Labute approximate surface area is 198 Å². The molecule has 1 fully saturated rings. The van der Waals surface area contributed by atoms with E-state index in [1.165, 1.54) is 29.7 Å². The largest absolute Gasteiger partial charge is 0.356 e. The molecule has 0 aliphatic heterocycles. The van der Waals surface area contributed by atoms with Crippen molar-refractivity contribution >= 4 is 49.7 Å². The molecule has 2 heterocycles. The predicted molar refractivity (Wildman–Crippen MR) is 126 cm³/mol. The van der Waals surface area contributed by atoms with Crippen LogP contribution in [0.5, 0.6) is 0 Å². The summed E-state index contributed by atoms with van der Waals surface area (Å²) in [6, 6.07) is 14.9. The summed E-state index contributed by atoms with van der Waals surface area (Å²) in [7, 11) is -3.76. The molecule has 1 amide bonds. The molecule has 4 aromatic rings. The molecule has 8 nitrogen and oxygen atoms in total. The maximum Gasteiger partial charge on any atom is 0.263 e. The molecule has 0 unspecified atom stereocenters. The average Bonchev–Trinajstić information content (AvgIpc) is 3.19. The number of amides is 1. The molecule has 0 bridgehead atoms. The minimum atomic E-state index is -3.76. The molecule has 2 N–H and O–H groups in total. The molecule has 0 radical (unpaired) electrons. The van der Waals surface area contributed by atoms with Crippen molar-refractivity contribution in [2.45, 2.75) is 23.2 Å². The van der Waals surface area contributed by atoms with Gasteiger partial charge in [0.15, 0.2) is 10.9 Å². The highest BCUT2D eigenvalue weighted by Gasteiger charge is 2.53. The molecule has 2 aromatic heterocycles. The van der Waals surface area contributed by atoms with Crippen LogP contribution in [0.25, 0.3) is 11.3 Å². The third-order valence-electron chi connectivity index (χ3n) is 5.39. The van der Waals surface area contributed by atoms with Crippen LogP contribution >= 0.6 is 22.9 Å². The van der Waals surface area contributed by atoms with Crippen molar-refractivity contribution in [1.29, 1.82) is 0 Å². The lowest BCUT2D eigenvalue weighted by molar-refractivity contribution is -0.118. The fourth-order valence-electron chi connectivity index (χ4n) is 3.39. The third-order valence-corrected chi connectivity index (χ3v) is 7.81. The van der Waals surface area contributed by atoms with E-state index in [1.807, 2.05) is 12.1 Å². The highest BCUT2D eigenvalue weighted by atomic mass is 35.5. The van der Waals surface area contributed by atoms with Gasteiger partial charge in [0, 0.05) is 33.9 Å². The normalized spacial score (nSPS) is 14.6. The van der Waals surface area contributed by atoms with E-state index in [1.54, 1.807) is 35.7 Å². The van der Waals surface area contributed by atoms with Crippen LogP contribution in [0.2, 0.25) is 5.02 Å². The number of nitrogens with zero attached hydrogens (tertiary/aromatic N) is 2. The van der Waals surface area contributed by atoms with Gasteiger partial charge in [0.1, 0.15) is 0 Å². The first-order valence-corrected chi connectivity index (χ1v) is 12.7. The van der Waals surface area contributed by atoms with E-state index in [9.17, 15) is 13.2 Å². The van der Waals surface area contributed by atoms with Crippen molar-refractivity contribution in [3.63, 3.8) is 0 Å². The van der Waals surface area contributed by atoms with Crippen LogP contribution in [0, 0.1) is 0 Å². The summed E-state index contributed by atoms with van der Waals surface area (Å²) < 4.78 is 32.8. The zero-order valence-electron chi connectivity index (χ0n) is 17.0. The number of carbonyl (C=O) groups is 1. The van der Waals surface area contributed by atoms with E-state index >= 15 is 0 Å². The van der Waals surface area contributed by atoms with Crippen molar-refractivity contribution in [1.82, 2.24) is 10.1 Å². The van der Waals surface area contributed by atoms with Crippen molar-refractivity contribution in [3.05, 3.63) is 76.9 Å². The number of rotatable bonds is 7. The van der Waals surface area contributed by atoms with Crippen LogP contribution in [0.4, 0.5) is 10.8 Å². The number of benzene rings is 2. The maximum absolute atomic E-state index is 13.0. The Hall–Kier alpha value is -3.21. The Kier molecular flexibility index (Phi) is 5.43. The predicted octanol–water partition coefficient (Wildman–Crippen LogP) is 4.92. The topological polar surface area (TPSA) is 114 Å². The minimum absolute atomic E-state index is 0.0703. The maximum atomic E-state index is 13.0. The number of nitrogens with one attached hydrogen (secondary N) is 2. The van der Waals surface area contributed by atoms with Gasteiger partial charge in [-0.2, -0.15) is 0 Å². The third kappa shape index (κ3) is 4.37. The first-order chi connectivity index (χ1) is 15.9. The quantitative estimate of drug-likeness (QED) is 0.372. The average molecular weight is 501 g/mol. The van der Waals surface area contributed by atoms with Gasteiger partial charge >= 0.3 is 0 Å². The Morgan fingerprint density at radius 3 is 2.45 bits per heavy atom. The molecule has 5 rings (SSSR count). The highest BCUT2D eigenvalue weighted by molar-refractivity contribution is 7.93. The molecule has 0 spiro atoms. The monoisotopic (exact) mass is 500 g/mol. The van der Waals surface area contributed by atoms with E-state index in [0.717, 1.165) is 5.56 Å². The molecule has 1 aliphatic carbocycles. The number of aromatic nitrogens is 2. The minimum Gasteiger partial charge on any atom is -0.356 e. The number of halogens is 1. The summed E-state index contributed by atoms with van der Waals surface area (Å²) in [5, 5.41) is 9.58. The van der Waals surface area contributed by atoms with E-state index in [4.69, 9.17) is 16.1 Å². The molecule has 0 saturated heterocycles. The van der Waals surface area contributed by atoms with E-state index < -0.39 is 15.4 Å². The van der Waals surface area contributed by atoms with E-state index in [2.05, 4.69) is 20.2 Å². The standard InChI is InChI=1S/C22H17ClN4O4S2/c23-15-3-1-14(2-4-15)18-13-19(26-31-18)22(9-10-22)20(28)25-16-5-7-17(8-6-16)33(29,30)27-21-24-11-12-32-21/h1-8,11-13H,9-10H2,(H,24,27)(H,25,28). The van der Waals surface area contributed by atoms with Gasteiger partial charge < -0.3 is 9.84 Å². The molecular weight excluding hydrogens is 484 g/mol. The van der Waals surface area contributed by atoms with Gasteiger partial charge in [0.2, 0.25) is 5.91 Å². The number of anilines is 2. The summed E-state index contributed by atoms with van der Waals surface area (Å²) in [6.45, 7) is 0. The summed E-state index contributed by atoms with van der Waals surface area (Å²) in [4.78, 5) is 17.0. The molecular formula is C22H17ClN4O4S2. The van der Waals surface area contributed by atoms with Gasteiger partial charge in [0.25, 0.3) is 10.0 Å². The fourth-order valence-corrected chi connectivity index (χ4v) is 5.31. The first-order valence-electron chi connectivity index (χ1n) is 9.93. The van der Waals surface area contributed by atoms with Crippen molar-refractivity contribution in [2.75, 3.05) is 10.0 Å². The fraction of sp³-hybridized carbons (Fsp3) is 0.136. The molecule has 33 heavy (non-hydrogen) atoms. The smallest absolute Gasteiger partial charge is 0.263 e. The van der Waals surface area contributed by atoms with Gasteiger partial charge in [-0.05, 0) is 61.4 Å². The van der Waals surface area contributed by atoms with Crippen molar-refractivity contribution in [2.24, 2.45) is 0 Å². The molecule has 1 saturated carbocycles. The summed E-state index contributed by atoms with van der Waals surface area (Å²) in [6.07, 6.45) is 2.81. The number of hydrogen-bond donors (Lipinski definition) is 2. The van der Waals surface area contributed by atoms with E-state index in [0.29, 0.717) is 35.0 Å². The van der Waals surface area contributed by atoms with Crippen LogP contribution < -0.4 is 10.0 Å². The molecule has 168 valence electrons. The Morgan fingerprint density at radius 1 is 1.09 bits per heavy atom. The summed E-state index contributed by atoms with van der Waals surface area (Å²) in [5.41, 5.74) is 1.11. The van der Waals surface area contributed by atoms with Gasteiger partial charge in [-0.3, -0.25) is 9.52 Å². The molecule has 0 atom stereocenters. The van der Waals surface area contributed by atoms with Gasteiger partial charge in [-0.25, -0.2) is 13.4 Å². The summed E-state index contributed by atoms with van der Waals surface area (Å²) >= 11 is 7.12. The number of thiazole rings is 1. The van der Waals surface area contributed by atoms with Crippen LogP contribution in [-0.4, -0.2) is 24.5 Å².